The van der Waals surface area contributed by atoms with Crippen LogP contribution in [0.25, 0.3) is 33.7 Å². The molecule has 326 valence electrons. The molecule has 1 saturated heterocycles. The van der Waals surface area contributed by atoms with Gasteiger partial charge in [0.25, 0.3) is 5.22 Å². The Balaban J connectivity index is 0.903. The number of oxazole rings is 1. The molecule has 64 heavy (non-hydrogen) atoms. The van der Waals surface area contributed by atoms with Crippen molar-refractivity contribution < 1.29 is 28.6 Å². The van der Waals surface area contributed by atoms with Crippen LogP contribution >= 0.6 is 11.8 Å². The number of ether oxygens (including phenoxy) is 2. The molecule has 1 fully saturated rings. The van der Waals surface area contributed by atoms with E-state index in [1.54, 1.807) is 12.1 Å². The van der Waals surface area contributed by atoms with E-state index < -0.39 is 6.29 Å². The van der Waals surface area contributed by atoms with Gasteiger partial charge in [-0.15, -0.1) is 0 Å². The summed E-state index contributed by atoms with van der Waals surface area (Å²) in [6.07, 6.45) is 2.44. The van der Waals surface area contributed by atoms with E-state index in [0.29, 0.717) is 61.0 Å². The van der Waals surface area contributed by atoms with Crippen molar-refractivity contribution in [1.82, 2.24) is 10.3 Å². The maximum Gasteiger partial charge on any atom is 0.256 e. The first kappa shape index (κ1) is 44.1. The van der Waals surface area contributed by atoms with Gasteiger partial charge in [0.1, 0.15) is 5.69 Å². The average Bonchev–Trinajstić information content (AvgIpc) is 3.78. The SMILES string of the molecule is Nc1ccccc1NC(=O)CCCCCC(=O)NCc1cccc(-c2cccc([C@@H]3O[C@H](CSc4nc(-c5ccccc5)c(-c5ccccc5)o4)C[C@H](c4ccc(CO)cc4)O3)c2)c1. The summed E-state index contributed by atoms with van der Waals surface area (Å²) in [5.41, 5.74) is 15.6. The summed E-state index contributed by atoms with van der Waals surface area (Å²) in [5.74, 6) is 1.21. The predicted octanol–water partition coefficient (Wildman–Crippen LogP) is 11.3. The number of aliphatic hydroxyl groups is 1. The molecule has 0 bridgehead atoms. The largest absolute Gasteiger partial charge is 0.431 e. The van der Waals surface area contributed by atoms with E-state index in [1.807, 2.05) is 121 Å². The molecule has 5 N–H and O–H groups in total. The predicted molar refractivity (Wildman–Crippen MR) is 253 cm³/mol. The van der Waals surface area contributed by atoms with E-state index >= 15 is 0 Å². The van der Waals surface area contributed by atoms with Crippen molar-refractivity contribution in [2.75, 3.05) is 16.8 Å². The maximum atomic E-state index is 12.8. The van der Waals surface area contributed by atoms with E-state index in [9.17, 15) is 14.7 Å². The molecular weight excluding hydrogens is 821 g/mol. The molecule has 3 atom stereocenters. The normalized spacial score (nSPS) is 16.0. The van der Waals surface area contributed by atoms with Gasteiger partial charge < -0.3 is 35.4 Å². The summed E-state index contributed by atoms with van der Waals surface area (Å²) >= 11 is 1.53. The molecule has 1 aromatic heterocycles. The molecule has 0 saturated carbocycles. The number of amides is 2. The zero-order valence-electron chi connectivity index (χ0n) is 35.5. The van der Waals surface area contributed by atoms with E-state index in [-0.39, 0.29) is 30.6 Å². The average molecular weight is 873 g/mol. The number of nitrogens with zero attached hydrogens (tertiary/aromatic N) is 1. The number of carbonyl (C=O) groups excluding carboxylic acids is 2. The number of anilines is 2. The summed E-state index contributed by atoms with van der Waals surface area (Å²) in [6.45, 7) is 0.376. The molecule has 7 aromatic rings. The van der Waals surface area contributed by atoms with Gasteiger partial charge in [0.05, 0.1) is 30.2 Å². The van der Waals surface area contributed by atoms with Crippen LogP contribution < -0.4 is 16.4 Å². The van der Waals surface area contributed by atoms with Gasteiger partial charge in [-0.05, 0) is 64.9 Å². The van der Waals surface area contributed by atoms with Crippen LogP contribution in [-0.4, -0.2) is 33.8 Å². The van der Waals surface area contributed by atoms with Crippen molar-refractivity contribution in [2.45, 2.75) is 75.4 Å². The molecule has 6 aromatic carbocycles. The molecule has 0 aliphatic carbocycles. The first-order chi connectivity index (χ1) is 31.4. The first-order valence-corrected chi connectivity index (χ1v) is 22.7. The van der Waals surface area contributed by atoms with Crippen LogP contribution in [0.15, 0.2) is 167 Å². The van der Waals surface area contributed by atoms with Crippen molar-refractivity contribution in [3.05, 3.63) is 180 Å². The fourth-order valence-corrected chi connectivity index (χ4v) is 8.55. The fraction of sp³-hybridized carbons (Fsp3) is 0.226. The number of aliphatic hydroxyl groups excluding tert-OH is 1. The molecule has 10 nitrogen and oxygen atoms in total. The zero-order valence-corrected chi connectivity index (χ0v) is 36.3. The number of thioether (sulfide) groups is 1. The third-order valence-electron chi connectivity index (χ3n) is 11.1. The highest BCUT2D eigenvalue weighted by atomic mass is 32.2. The van der Waals surface area contributed by atoms with E-state index in [4.69, 9.17) is 24.6 Å². The monoisotopic (exact) mass is 872 g/mol. The maximum absolute atomic E-state index is 12.8. The molecular formula is C53H52N4O6S. The smallest absolute Gasteiger partial charge is 0.256 e. The molecule has 8 rings (SSSR count). The Labute approximate surface area is 378 Å². The number of para-hydroxylation sites is 2. The Morgan fingerprint density at radius 3 is 2.09 bits per heavy atom. The molecule has 11 heteroatoms. The summed E-state index contributed by atoms with van der Waals surface area (Å²) < 4.78 is 19.9. The number of nitrogens with one attached hydrogen (secondary N) is 2. The van der Waals surface area contributed by atoms with Crippen molar-refractivity contribution in [1.29, 1.82) is 0 Å². The second kappa shape index (κ2) is 21.7. The lowest BCUT2D eigenvalue weighted by atomic mass is 9.99. The molecule has 0 unspecified atom stereocenters. The Hall–Kier alpha value is -6.50. The second-order valence-electron chi connectivity index (χ2n) is 15.8. The minimum absolute atomic E-state index is 0.0233. The first-order valence-electron chi connectivity index (χ1n) is 21.7. The van der Waals surface area contributed by atoms with Gasteiger partial charge in [-0.1, -0.05) is 152 Å². The van der Waals surface area contributed by atoms with Gasteiger partial charge in [0, 0.05) is 48.3 Å². The standard InChI is InChI=1S/C53H52N4O6S/c54-45-22-10-11-23-46(45)56-49(60)25-9-3-8-24-48(59)55-33-37-14-12-19-41(30-37)42-20-13-21-43(31-42)52-61-44(32-47(62-52)38-28-26-36(34-58)27-29-38)35-64-53-57-50(39-15-4-1-5-16-39)51(63-53)40-17-6-2-7-18-40/h1-2,4-7,10-23,26-31,44,47,52,58H,3,8-9,24-25,32-35,54H2,(H,55,59)(H,56,60)/t44-,47+,52+/m0/s1. The fourth-order valence-electron chi connectivity index (χ4n) is 7.71. The van der Waals surface area contributed by atoms with Crippen LogP contribution in [-0.2, 0) is 32.2 Å². The highest BCUT2D eigenvalue weighted by Gasteiger charge is 2.33. The molecule has 0 spiro atoms. The van der Waals surface area contributed by atoms with Crippen molar-refractivity contribution in [2.24, 2.45) is 0 Å². The van der Waals surface area contributed by atoms with Gasteiger partial charge in [-0.3, -0.25) is 9.59 Å². The summed E-state index contributed by atoms with van der Waals surface area (Å²) in [6, 6.07) is 51.6. The molecule has 2 amide bonds. The highest BCUT2D eigenvalue weighted by molar-refractivity contribution is 7.99. The van der Waals surface area contributed by atoms with Crippen LogP contribution in [0.3, 0.4) is 0 Å². The van der Waals surface area contributed by atoms with Gasteiger partial charge >= 0.3 is 0 Å². The topological polar surface area (TPSA) is 149 Å². The molecule has 1 aliphatic heterocycles. The quantitative estimate of drug-likeness (QED) is 0.0375. The third kappa shape index (κ3) is 11.7. The lowest BCUT2D eigenvalue weighted by molar-refractivity contribution is -0.245. The number of unbranched alkanes of at least 4 members (excludes halogenated alkanes) is 2. The Bertz CT molecular complexity index is 2560. The number of hydrogen-bond donors (Lipinski definition) is 4. The Morgan fingerprint density at radius 1 is 0.672 bits per heavy atom. The number of nitrogen functional groups attached to an aromatic ring is 1. The highest BCUT2D eigenvalue weighted by Crippen LogP contribution is 2.42. The zero-order chi connectivity index (χ0) is 44.1. The van der Waals surface area contributed by atoms with Gasteiger partial charge in [-0.2, -0.15) is 0 Å². The lowest BCUT2D eigenvalue weighted by Crippen LogP contribution is -2.31. The van der Waals surface area contributed by atoms with Crippen LogP contribution in [0.1, 0.15) is 73.2 Å². The minimum atomic E-state index is -0.648. The van der Waals surface area contributed by atoms with Crippen LogP contribution in [0, 0.1) is 0 Å². The van der Waals surface area contributed by atoms with Gasteiger partial charge in [0.2, 0.25) is 11.8 Å². The van der Waals surface area contributed by atoms with E-state index in [0.717, 1.165) is 62.4 Å². The summed E-state index contributed by atoms with van der Waals surface area (Å²) in [7, 11) is 0. The number of hydrogen-bond acceptors (Lipinski definition) is 9. The minimum Gasteiger partial charge on any atom is -0.431 e. The van der Waals surface area contributed by atoms with Crippen LogP contribution in [0.4, 0.5) is 11.4 Å². The summed E-state index contributed by atoms with van der Waals surface area (Å²) in [5, 5.41) is 16.2. The number of carbonyl (C=O) groups is 2. The van der Waals surface area contributed by atoms with Crippen molar-refractivity contribution in [3.63, 3.8) is 0 Å². The van der Waals surface area contributed by atoms with E-state index in [1.165, 1.54) is 11.8 Å². The van der Waals surface area contributed by atoms with Crippen LogP contribution in [0.2, 0.25) is 0 Å². The molecule has 1 aliphatic rings. The van der Waals surface area contributed by atoms with Crippen molar-refractivity contribution in [3.8, 4) is 33.7 Å². The van der Waals surface area contributed by atoms with Crippen molar-refractivity contribution >= 4 is 35.0 Å². The lowest BCUT2D eigenvalue weighted by Gasteiger charge is -2.36. The Morgan fingerprint density at radius 2 is 1.34 bits per heavy atom. The van der Waals surface area contributed by atoms with Gasteiger partial charge in [0.15, 0.2) is 12.1 Å². The number of benzene rings is 6. The Kier molecular flexibility index (Phi) is 15.0. The van der Waals surface area contributed by atoms with Gasteiger partial charge in [-0.25, -0.2) is 4.98 Å². The van der Waals surface area contributed by atoms with Crippen LogP contribution in [0.5, 0.6) is 0 Å². The molecule has 2 heterocycles. The second-order valence-corrected chi connectivity index (χ2v) is 16.8. The van der Waals surface area contributed by atoms with E-state index in [2.05, 4.69) is 34.9 Å². The number of rotatable bonds is 18. The number of aromatic nitrogens is 1. The number of nitrogens with two attached hydrogens (primary N) is 1. The third-order valence-corrected chi connectivity index (χ3v) is 12.1. The molecule has 0 radical (unpaired) electrons. The summed E-state index contributed by atoms with van der Waals surface area (Å²) in [4.78, 5) is 30.1.